The zero-order chi connectivity index (χ0) is 13.8. The number of methoxy groups -OCH3 is 2. The Hall–Kier alpha value is -1.86. The lowest BCUT2D eigenvalue weighted by Gasteiger charge is -2.13. The van der Waals surface area contributed by atoms with Crippen LogP contribution in [0.5, 0.6) is 0 Å². The van der Waals surface area contributed by atoms with Crippen molar-refractivity contribution in [2.24, 2.45) is 0 Å². The van der Waals surface area contributed by atoms with Gasteiger partial charge in [-0.15, -0.1) is 0 Å². The number of carbonyl (C=O) groups excluding carboxylic acids is 2. The average molecular weight is 264 g/mol. The third-order valence-corrected chi connectivity index (χ3v) is 2.75. The van der Waals surface area contributed by atoms with E-state index in [0.29, 0.717) is 5.46 Å². The van der Waals surface area contributed by atoms with Gasteiger partial charge in [0.1, 0.15) is 0 Å². The number of carbonyl (C=O) groups is 2. The molecule has 0 saturated carbocycles. The molecule has 1 heterocycles. The van der Waals surface area contributed by atoms with Gasteiger partial charge in [0, 0.05) is 0 Å². The molecule has 2 rings (SSSR count). The van der Waals surface area contributed by atoms with Gasteiger partial charge in [-0.25, -0.2) is 9.59 Å². The first-order valence-electron chi connectivity index (χ1n) is 5.69. The first kappa shape index (κ1) is 13.6. The summed E-state index contributed by atoms with van der Waals surface area (Å²) in [7, 11) is 1.64. The lowest BCUT2D eigenvalue weighted by atomic mass is 9.79. The molecule has 6 nitrogen and oxygen atoms in total. The van der Waals surface area contributed by atoms with E-state index >= 15 is 0 Å². The van der Waals surface area contributed by atoms with E-state index in [1.165, 1.54) is 14.2 Å². The highest BCUT2D eigenvalue weighted by molar-refractivity contribution is 6.62. The minimum atomic E-state index is -1.12. The molecule has 0 spiro atoms. The van der Waals surface area contributed by atoms with Crippen LogP contribution in [0.2, 0.25) is 0 Å². The predicted octanol–water partition coefficient (Wildman–Crippen LogP) is -0.488. The van der Waals surface area contributed by atoms with Gasteiger partial charge in [0.2, 0.25) is 0 Å². The summed E-state index contributed by atoms with van der Waals surface area (Å²) in [6, 6.07) is 9.01. The standard InChI is InChI=1S/C12H13BO6/c1-16-11(14)9-10(12(15)17-2)19-13(18-9)8-6-4-3-5-7-8/h3-7,9-10H,1-2H3/t9-,10-/m0/s1. The van der Waals surface area contributed by atoms with Crippen LogP contribution in [0.25, 0.3) is 0 Å². The number of hydrogen-bond acceptors (Lipinski definition) is 6. The van der Waals surface area contributed by atoms with Gasteiger partial charge in [0.05, 0.1) is 14.2 Å². The van der Waals surface area contributed by atoms with Crippen molar-refractivity contribution in [3.05, 3.63) is 30.3 Å². The molecule has 7 heteroatoms. The van der Waals surface area contributed by atoms with Gasteiger partial charge < -0.3 is 18.8 Å². The molecule has 0 N–H and O–H groups in total. The Bertz CT molecular complexity index is 439. The first-order valence-corrected chi connectivity index (χ1v) is 5.69. The quantitative estimate of drug-likeness (QED) is 0.542. The smallest absolute Gasteiger partial charge is 0.467 e. The molecular weight excluding hydrogens is 251 g/mol. The van der Waals surface area contributed by atoms with E-state index < -0.39 is 31.3 Å². The Morgan fingerprint density at radius 2 is 1.47 bits per heavy atom. The zero-order valence-corrected chi connectivity index (χ0v) is 10.6. The molecule has 100 valence electrons. The molecule has 19 heavy (non-hydrogen) atoms. The van der Waals surface area contributed by atoms with Crippen molar-refractivity contribution in [3.8, 4) is 0 Å². The van der Waals surface area contributed by atoms with Crippen molar-refractivity contribution in [2.75, 3.05) is 14.2 Å². The second-order valence-electron chi connectivity index (χ2n) is 3.90. The summed E-state index contributed by atoms with van der Waals surface area (Å²) < 4.78 is 20.1. The molecule has 1 aromatic rings. The summed E-state index contributed by atoms with van der Waals surface area (Å²) in [6.45, 7) is 0. The summed E-state index contributed by atoms with van der Waals surface area (Å²) in [6.07, 6.45) is -2.25. The van der Waals surface area contributed by atoms with E-state index in [9.17, 15) is 9.59 Å². The third-order valence-electron chi connectivity index (χ3n) is 2.75. The minimum Gasteiger partial charge on any atom is -0.467 e. The summed E-state index contributed by atoms with van der Waals surface area (Å²) in [4.78, 5) is 23.2. The molecule has 0 unspecified atom stereocenters. The van der Waals surface area contributed by atoms with Gasteiger partial charge >= 0.3 is 19.1 Å². The van der Waals surface area contributed by atoms with Gasteiger partial charge in [-0.1, -0.05) is 30.3 Å². The Balaban J connectivity index is 2.20. The van der Waals surface area contributed by atoms with Crippen molar-refractivity contribution in [1.82, 2.24) is 0 Å². The number of hydrogen-bond donors (Lipinski definition) is 0. The lowest BCUT2D eigenvalue weighted by molar-refractivity contribution is -0.160. The van der Waals surface area contributed by atoms with Crippen LogP contribution >= 0.6 is 0 Å². The second-order valence-corrected chi connectivity index (χ2v) is 3.90. The van der Waals surface area contributed by atoms with Crippen LogP contribution in [0, 0.1) is 0 Å². The number of esters is 2. The van der Waals surface area contributed by atoms with Crippen LogP contribution < -0.4 is 5.46 Å². The van der Waals surface area contributed by atoms with E-state index in [-0.39, 0.29) is 0 Å². The molecule has 2 atom stereocenters. The molecular formula is C12H13BO6. The maximum absolute atomic E-state index is 11.6. The Labute approximate surface area is 110 Å². The second kappa shape index (κ2) is 5.86. The molecule has 1 aromatic carbocycles. The van der Waals surface area contributed by atoms with Crippen molar-refractivity contribution in [2.45, 2.75) is 12.2 Å². The first-order chi connectivity index (χ1) is 9.17. The molecule has 1 fully saturated rings. The summed E-state index contributed by atoms with van der Waals surface area (Å²) in [5.74, 6) is -1.34. The largest absolute Gasteiger partial charge is 0.495 e. The van der Waals surface area contributed by atoms with Gasteiger partial charge in [-0.2, -0.15) is 0 Å². The molecule has 0 amide bonds. The molecule has 1 saturated heterocycles. The van der Waals surface area contributed by atoms with E-state index in [1.54, 1.807) is 24.3 Å². The maximum atomic E-state index is 11.6. The van der Waals surface area contributed by atoms with Crippen molar-refractivity contribution >= 4 is 24.5 Å². The molecule has 1 aliphatic rings. The van der Waals surface area contributed by atoms with Gasteiger partial charge in [-0.05, 0) is 5.46 Å². The van der Waals surface area contributed by atoms with Gasteiger partial charge in [0.15, 0.2) is 12.2 Å². The van der Waals surface area contributed by atoms with Crippen LogP contribution in [0.1, 0.15) is 0 Å². The lowest BCUT2D eigenvalue weighted by Crippen LogP contribution is -2.38. The summed E-state index contributed by atoms with van der Waals surface area (Å²) >= 11 is 0. The monoisotopic (exact) mass is 264 g/mol. The zero-order valence-electron chi connectivity index (χ0n) is 10.6. The van der Waals surface area contributed by atoms with Crippen LogP contribution in [0.4, 0.5) is 0 Å². The fourth-order valence-electron chi connectivity index (χ4n) is 1.80. The highest BCUT2D eigenvalue weighted by Crippen LogP contribution is 2.19. The van der Waals surface area contributed by atoms with Crippen LogP contribution in [-0.2, 0) is 28.4 Å². The van der Waals surface area contributed by atoms with E-state index in [4.69, 9.17) is 9.31 Å². The number of rotatable bonds is 3. The highest BCUT2D eigenvalue weighted by atomic mass is 16.7. The molecule has 1 aliphatic heterocycles. The maximum Gasteiger partial charge on any atom is 0.495 e. The Morgan fingerprint density at radius 3 is 1.89 bits per heavy atom. The van der Waals surface area contributed by atoms with E-state index in [2.05, 4.69) is 9.47 Å². The highest BCUT2D eigenvalue weighted by Gasteiger charge is 2.49. The van der Waals surface area contributed by atoms with Crippen LogP contribution in [0.15, 0.2) is 30.3 Å². The van der Waals surface area contributed by atoms with E-state index in [1.807, 2.05) is 6.07 Å². The number of benzene rings is 1. The average Bonchev–Trinajstić information content (AvgIpc) is 2.91. The fourth-order valence-corrected chi connectivity index (χ4v) is 1.80. The fraction of sp³-hybridized carbons (Fsp3) is 0.333. The summed E-state index contributed by atoms with van der Waals surface area (Å²) in [5, 5.41) is 0. The molecule has 0 radical (unpaired) electrons. The predicted molar refractivity (Wildman–Crippen MR) is 65.6 cm³/mol. The molecule has 0 bridgehead atoms. The van der Waals surface area contributed by atoms with Crippen LogP contribution in [0.3, 0.4) is 0 Å². The summed E-state index contributed by atoms with van der Waals surface area (Å²) in [5.41, 5.74) is 0.711. The van der Waals surface area contributed by atoms with Gasteiger partial charge in [-0.3, -0.25) is 0 Å². The normalized spacial score (nSPS) is 22.1. The van der Waals surface area contributed by atoms with Gasteiger partial charge in [0.25, 0.3) is 0 Å². The third kappa shape index (κ3) is 2.77. The molecule has 0 aliphatic carbocycles. The Kier molecular flexibility index (Phi) is 4.18. The van der Waals surface area contributed by atoms with Crippen LogP contribution in [-0.4, -0.2) is 45.5 Å². The van der Waals surface area contributed by atoms with Crippen molar-refractivity contribution < 1.29 is 28.4 Å². The van der Waals surface area contributed by atoms with Crippen molar-refractivity contribution in [3.63, 3.8) is 0 Å². The Morgan fingerprint density at radius 1 is 1.00 bits per heavy atom. The number of ether oxygens (including phenoxy) is 2. The SMILES string of the molecule is COC(=O)[C@H]1OB(c2ccccc2)O[C@@H]1C(=O)OC. The minimum absolute atomic E-state index is 0.672. The van der Waals surface area contributed by atoms with Crippen molar-refractivity contribution in [1.29, 1.82) is 0 Å². The molecule has 0 aromatic heterocycles. The topological polar surface area (TPSA) is 71.1 Å². The van der Waals surface area contributed by atoms with E-state index in [0.717, 1.165) is 0 Å².